The van der Waals surface area contributed by atoms with Crippen LogP contribution in [0.3, 0.4) is 0 Å². The van der Waals surface area contributed by atoms with Gasteiger partial charge in [-0.2, -0.15) is 0 Å². The number of halogens is 3. The SMILES string of the molecule is Cc1ccc(F)cc1C1NC(=O)CC(c2cc(Cl)ccc2OC2(C(=O)NS(C)(=O)=O)CCC2)CC(=O)Nc2cc(Cl)ccc21. The summed E-state index contributed by atoms with van der Waals surface area (Å²) in [6, 6.07) is 13.0. The van der Waals surface area contributed by atoms with Gasteiger partial charge in [-0.05, 0) is 85.3 Å². The molecule has 1 heterocycles. The Morgan fingerprint density at radius 3 is 2.32 bits per heavy atom. The first-order chi connectivity index (χ1) is 20.7. The molecule has 1 aliphatic carbocycles. The van der Waals surface area contributed by atoms with Gasteiger partial charge in [0.25, 0.3) is 5.91 Å². The van der Waals surface area contributed by atoms with Gasteiger partial charge in [-0.1, -0.05) is 35.3 Å². The zero-order chi connectivity index (χ0) is 31.8. The summed E-state index contributed by atoms with van der Waals surface area (Å²) in [6.07, 6.45) is 1.72. The maximum atomic E-state index is 14.4. The fourth-order valence-electron chi connectivity index (χ4n) is 5.57. The van der Waals surface area contributed by atoms with Crippen molar-refractivity contribution in [3.63, 3.8) is 0 Å². The maximum absolute atomic E-state index is 14.4. The molecule has 1 aliphatic heterocycles. The van der Waals surface area contributed by atoms with Crippen molar-refractivity contribution in [2.75, 3.05) is 11.6 Å². The van der Waals surface area contributed by atoms with Crippen molar-refractivity contribution in [2.24, 2.45) is 0 Å². The minimum absolute atomic E-state index is 0.164. The second-order valence-corrected chi connectivity index (χ2v) is 13.8. The molecule has 2 aliphatic rings. The highest BCUT2D eigenvalue weighted by Gasteiger charge is 2.48. The van der Waals surface area contributed by atoms with E-state index in [1.165, 1.54) is 18.2 Å². The Kier molecular flexibility index (Phi) is 8.93. The molecule has 232 valence electrons. The third-order valence-electron chi connectivity index (χ3n) is 7.89. The standard InChI is InChI=1S/C31H30Cl2FN3O6S/c1-17-4-7-21(34)16-23(17)29-22-8-5-20(33)15-25(22)35-27(38)12-18(13-28(39)36-29)24-14-19(32)6-9-26(24)43-31(10-3-11-31)30(40)37-44(2,41)42/h4-9,14-16,18,29H,3,10-13H2,1-2H3,(H,35,38)(H,36,39)(H,37,40). The lowest BCUT2D eigenvalue weighted by Gasteiger charge is -2.40. The zero-order valence-corrected chi connectivity index (χ0v) is 26.2. The Bertz CT molecular complexity index is 1760. The first-order valence-corrected chi connectivity index (χ1v) is 16.5. The summed E-state index contributed by atoms with van der Waals surface area (Å²) in [6.45, 7) is 1.79. The van der Waals surface area contributed by atoms with Crippen LogP contribution in [-0.4, -0.2) is 38.0 Å². The van der Waals surface area contributed by atoms with E-state index in [4.69, 9.17) is 27.9 Å². The van der Waals surface area contributed by atoms with E-state index in [0.29, 0.717) is 38.8 Å². The quantitative estimate of drug-likeness (QED) is 0.318. The summed E-state index contributed by atoms with van der Waals surface area (Å²) < 4.78 is 46.2. The molecule has 0 saturated heterocycles. The van der Waals surface area contributed by atoms with Gasteiger partial charge in [0.05, 0.1) is 12.3 Å². The molecule has 3 aromatic carbocycles. The third-order valence-corrected chi connectivity index (χ3v) is 8.92. The number of anilines is 1. The minimum Gasteiger partial charge on any atom is -0.477 e. The number of benzene rings is 3. The number of nitrogens with one attached hydrogen (secondary N) is 3. The summed E-state index contributed by atoms with van der Waals surface area (Å²) in [5, 5.41) is 6.55. The Balaban J connectivity index is 1.54. The van der Waals surface area contributed by atoms with Crippen molar-refractivity contribution < 1.29 is 31.9 Å². The van der Waals surface area contributed by atoms with Crippen LogP contribution in [0.5, 0.6) is 5.75 Å². The average molecular weight is 663 g/mol. The molecule has 3 N–H and O–H groups in total. The van der Waals surface area contributed by atoms with Crippen LogP contribution < -0.4 is 20.1 Å². The van der Waals surface area contributed by atoms with Gasteiger partial charge in [0.2, 0.25) is 21.8 Å². The number of carbonyl (C=O) groups excluding carboxylic acids is 3. The van der Waals surface area contributed by atoms with Crippen molar-refractivity contribution in [2.45, 2.75) is 56.6 Å². The number of fused-ring (bicyclic) bond motifs is 1. The molecule has 3 aromatic rings. The number of carbonyl (C=O) groups is 3. The van der Waals surface area contributed by atoms with Crippen LogP contribution in [-0.2, 0) is 24.4 Å². The van der Waals surface area contributed by atoms with E-state index in [-0.39, 0.29) is 31.4 Å². The molecule has 9 nitrogen and oxygen atoms in total. The largest absolute Gasteiger partial charge is 0.477 e. The van der Waals surface area contributed by atoms with Crippen LogP contribution in [0.15, 0.2) is 54.6 Å². The normalized spacial score (nSPS) is 19.9. The van der Waals surface area contributed by atoms with Crippen LogP contribution in [0.25, 0.3) is 0 Å². The van der Waals surface area contributed by atoms with E-state index in [2.05, 4.69) is 10.6 Å². The molecule has 0 spiro atoms. The van der Waals surface area contributed by atoms with Crippen molar-refractivity contribution in [3.8, 4) is 5.75 Å². The lowest BCUT2D eigenvalue weighted by molar-refractivity contribution is -0.142. The predicted octanol–water partition coefficient (Wildman–Crippen LogP) is 5.54. The summed E-state index contributed by atoms with van der Waals surface area (Å²) in [5.41, 5.74) is 1.06. The monoisotopic (exact) mass is 661 g/mol. The Morgan fingerprint density at radius 1 is 0.955 bits per heavy atom. The average Bonchev–Trinajstić information content (AvgIpc) is 2.90. The Labute approximate surface area is 264 Å². The molecule has 0 radical (unpaired) electrons. The second-order valence-electron chi connectivity index (χ2n) is 11.2. The van der Waals surface area contributed by atoms with Crippen LogP contribution in [0.2, 0.25) is 10.0 Å². The molecule has 13 heteroatoms. The Hall–Kier alpha value is -3.67. The molecule has 2 atom stereocenters. The number of ether oxygens (including phenoxy) is 1. The van der Waals surface area contributed by atoms with Gasteiger partial charge in [-0.3, -0.25) is 14.4 Å². The molecule has 0 aromatic heterocycles. The fourth-order valence-corrected chi connectivity index (χ4v) is 6.45. The van der Waals surface area contributed by atoms with Gasteiger partial charge in [0, 0.05) is 40.1 Å². The first-order valence-electron chi connectivity index (χ1n) is 13.9. The van der Waals surface area contributed by atoms with Crippen molar-refractivity contribution >= 4 is 56.6 Å². The van der Waals surface area contributed by atoms with Crippen molar-refractivity contribution in [3.05, 3.63) is 92.7 Å². The number of hydrogen-bond donors (Lipinski definition) is 3. The smallest absolute Gasteiger partial charge is 0.277 e. The summed E-state index contributed by atoms with van der Waals surface area (Å²) in [4.78, 5) is 40.2. The predicted molar refractivity (Wildman–Crippen MR) is 165 cm³/mol. The van der Waals surface area contributed by atoms with Crippen molar-refractivity contribution in [1.82, 2.24) is 10.0 Å². The fraction of sp³-hybridized carbons (Fsp3) is 0.323. The molecule has 0 bridgehead atoms. The van der Waals surface area contributed by atoms with E-state index in [1.54, 1.807) is 43.3 Å². The van der Waals surface area contributed by atoms with Crippen LogP contribution >= 0.6 is 23.2 Å². The highest BCUT2D eigenvalue weighted by atomic mass is 35.5. The molecule has 3 amide bonds. The lowest BCUT2D eigenvalue weighted by Crippen LogP contribution is -2.57. The first kappa shape index (κ1) is 31.7. The molecule has 5 rings (SSSR count). The summed E-state index contributed by atoms with van der Waals surface area (Å²) in [5.74, 6) is -2.72. The number of aryl methyl sites for hydroxylation is 1. The second kappa shape index (κ2) is 12.4. The number of hydrogen-bond acceptors (Lipinski definition) is 6. The van der Waals surface area contributed by atoms with Crippen molar-refractivity contribution in [1.29, 1.82) is 0 Å². The molecular weight excluding hydrogens is 632 g/mol. The van der Waals surface area contributed by atoms with Gasteiger partial charge in [0.1, 0.15) is 11.6 Å². The number of rotatable bonds is 6. The molecule has 44 heavy (non-hydrogen) atoms. The zero-order valence-electron chi connectivity index (χ0n) is 23.9. The highest BCUT2D eigenvalue weighted by Crippen LogP contribution is 2.42. The van der Waals surface area contributed by atoms with Gasteiger partial charge in [-0.15, -0.1) is 0 Å². The molecular formula is C31H30Cl2FN3O6S. The van der Waals surface area contributed by atoms with Crippen LogP contribution in [0.4, 0.5) is 10.1 Å². The third kappa shape index (κ3) is 7.00. The summed E-state index contributed by atoms with van der Waals surface area (Å²) >= 11 is 12.6. The lowest BCUT2D eigenvalue weighted by atomic mass is 9.79. The Morgan fingerprint density at radius 2 is 1.64 bits per heavy atom. The van der Waals surface area contributed by atoms with Gasteiger partial charge in [0.15, 0.2) is 5.60 Å². The van der Waals surface area contributed by atoms with E-state index >= 15 is 0 Å². The molecule has 1 fully saturated rings. The molecule has 1 saturated carbocycles. The maximum Gasteiger partial charge on any atom is 0.277 e. The van der Waals surface area contributed by atoms with E-state index in [0.717, 1.165) is 11.8 Å². The number of sulfonamides is 1. The van der Waals surface area contributed by atoms with Gasteiger partial charge < -0.3 is 15.4 Å². The number of amides is 3. The van der Waals surface area contributed by atoms with E-state index in [1.807, 2.05) is 4.72 Å². The van der Waals surface area contributed by atoms with E-state index in [9.17, 15) is 27.2 Å². The van der Waals surface area contributed by atoms with Gasteiger partial charge in [-0.25, -0.2) is 17.5 Å². The van der Waals surface area contributed by atoms with Crippen LogP contribution in [0, 0.1) is 12.7 Å². The summed E-state index contributed by atoms with van der Waals surface area (Å²) in [7, 11) is -3.84. The molecule has 2 unspecified atom stereocenters. The highest BCUT2D eigenvalue weighted by molar-refractivity contribution is 7.89. The van der Waals surface area contributed by atoms with Crippen LogP contribution in [0.1, 0.15) is 66.3 Å². The van der Waals surface area contributed by atoms with E-state index < -0.39 is 51.1 Å². The topological polar surface area (TPSA) is 131 Å². The van der Waals surface area contributed by atoms with Gasteiger partial charge >= 0.3 is 0 Å². The minimum atomic E-state index is -3.84.